The van der Waals surface area contributed by atoms with Gasteiger partial charge in [0.1, 0.15) is 5.01 Å². The number of hydrogen-bond donors (Lipinski definition) is 2. The summed E-state index contributed by atoms with van der Waals surface area (Å²) in [4.78, 5) is 31.7. The molecule has 2 aromatic heterocycles. The molecule has 0 bridgehead atoms. The van der Waals surface area contributed by atoms with E-state index in [2.05, 4.69) is 15.3 Å². The van der Waals surface area contributed by atoms with E-state index >= 15 is 0 Å². The predicted octanol–water partition coefficient (Wildman–Crippen LogP) is 4.35. The number of thiazole rings is 2. The Balaban J connectivity index is 1.64. The summed E-state index contributed by atoms with van der Waals surface area (Å²) < 4.78 is 39.4. The number of halogens is 3. The van der Waals surface area contributed by atoms with Crippen molar-refractivity contribution < 1.29 is 22.8 Å². The van der Waals surface area contributed by atoms with E-state index in [9.17, 15) is 22.8 Å². The Morgan fingerprint density at radius 1 is 1.27 bits per heavy atom. The molecule has 12 heteroatoms. The van der Waals surface area contributed by atoms with Gasteiger partial charge in [-0.05, 0) is 19.1 Å². The Bertz CT molecular complexity index is 1080. The number of carbonyl (C=O) groups is 2. The number of nitrogens with zero attached hydrogens (tertiary/aromatic N) is 2. The maximum Gasteiger partial charge on any atom is 0.416 e. The van der Waals surface area contributed by atoms with Gasteiger partial charge in [0.2, 0.25) is 11.8 Å². The van der Waals surface area contributed by atoms with Gasteiger partial charge in [-0.2, -0.15) is 13.2 Å². The molecule has 0 spiro atoms. The van der Waals surface area contributed by atoms with Crippen LogP contribution in [-0.2, 0) is 22.2 Å². The number of nitrogens with one attached hydrogen (secondary N) is 1. The van der Waals surface area contributed by atoms with E-state index in [1.54, 1.807) is 18.4 Å². The van der Waals surface area contributed by atoms with E-state index in [-0.39, 0.29) is 18.1 Å². The molecular weight excluding hydrogens is 457 g/mol. The summed E-state index contributed by atoms with van der Waals surface area (Å²) in [5.74, 6) is -0.678. The Morgan fingerprint density at radius 2 is 2.03 bits per heavy atom. The number of anilines is 1. The number of aromatic nitrogens is 2. The number of carbonyl (C=O) groups excluding carboxylic acids is 2. The first-order valence-corrected chi connectivity index (χ1v) is 11.1. The van der Waals surface area contributed by atoms with Crippen molar-refractivity contribution in [3.8, 4) is 10.6 Å². The second-order valence-electron chi connectivity index (χ2n) is 6.09. The molecule has 0 saturated carbocycles. The van der Waals surface area contributed by atoms with Gasteiger partial charge in [0.25, 0.3) is 0 Å². The zero-order valence-electron chi connectivity index (χ0n) is 15.4. The maximum atomic E-state index is 12.9. The summed E-state index contributed by atoms with van der Waals surface area (Å²) in [6.45, 7) is 1.76. The van der Waals surface area contributed by atoms with Crippen molar-refractivity contribution >= 4 is 51.4 Å². The molecule has 1 aromatic carbocycles. The second kappa shape index (κ2) is 9.14. The Kier molecular flexibility index (Phi) is 6.78. The SMILES string of the molecule is Cc1nc(NC(=O)Cc2csc(-c3cccc(C(F)(F)F)c3)n2)sc1SCC(N)=O. The first-order valence-electron chi connectivity index (χ1n) is 8.42. The van der Waals surface area contributed by atoms with Gasteiger partial charge in [0, 0.05) is 10.9 Å². The molecule has 0 aliphatic heterocycles. The molecule has 0 saturated heterocycles. The number of rotatable bonds is 7. The van der Waals surface area contributed by atoms with Crippen molar-refractivity contribution in [2.45, 2.75) is 23.7 Å². The fraction of sp³-hybridized carbons (Fsp3) is 0.222. The lowest BCUT2D eigenvalue weighted by Gasteiger charge is -2.07. The van der Waals surface area contributed by atoms with Crippen molar-refractivity contribution in [3.05, 3.63) is 46.6 Å². The van der Waals surface area contributed by atoms with Crippen LogP contribution in [0.3, 0.4) is 0 Å². The summed E-state index contributed by atoms with van der Waals surface area (Å²) in [6.07, 6.45) is -4.48. The van der Waals surface area contributed by atoms with Gasteiger partial charge in [-0.1, -0.05) is 23.5 Å². The summed E-state index contributed by atoms with van der Waals surface area (Å²) in [5, 5.41) is 5.10. The van der Waals surface area contributed by atoms with E-state index < -0.39 is 17.6 Å². The number of amides is 2. The highest BCUT2D eigenvalue weighted by Crippen LogP contribution is 2.34. The van der Waals surface area contributed by atoms with Crippen LogP contribution in [0.1, 0.15) is 17.0 Å². The van der Waals surface area contributed by atoms with Gasteiger partial charge >= 0.3 is 6.18 Å². The van der Waals surface area contributed by atoms with Crippen molar-refractivity contribution in [2.24, 2.45) is 5.73 Å². The molecule has 0 aliphatic carbocycles. The minimum absolute atomic E-state index is 0.0438. The average Bonchev–Trinajstić information content (AvgIpc) is 3.25. The van der Waals surface area contributed by atoms with Crippen molar-refractivity contribution in [1.29, 1.82) is 0 Å². The van der Waals surface area contributed by atoms with E-state index in [4.69, 9.17) is 5.73 Å². The van der Waals surface area contributed by atoms with Crippen LogP contribution >= 0.6 is 34.4 Å². The molecule has 2 heterocycles. The van der Waals surface area contributed by atoms with Crippen LogP contribution in [0.25, 0.3) is 10.6 Å². The summed E-state index contributed by atoms with van der Waals surface area (Å²) in [5.41, 5.74) is 5.85. The van der Waals surface area contributed by atoms with E-state index in [1.807, 2.05) is 0 Å². The standard InChI is InChI=1S/C18H15F3N4O2S3/c1-9-16(29-8-13(22)26)30-17(23-9)25-14(27)6-12-7-28-15(24-12)10-3-2-4-11(5-10)18(19,20)21/h2-5,7H,6,8H2,1H3,(H2,22,26)(H,23,25,27). The summed E-state index contributed by atoms with van der Waals surface area (Å²) in [6, 6.07) is 4.90. The largest absolute Gasteiger partial charge is 0.416 e. The molecule has 2 amide bonds. The molecule has 0 atom stereocenters. The lowest BCUT2D eigenvalue weighted by atomic mass is 10.1. The summed E-state index contributed by atoms with van der Waals surface area (Å²) >= 11 is 3.65. The lowest BCUT2D eigenvalue weighted by Crippen LogP contribution is -2.14. The molecule has 158 valence electrons. The molecule has 3 aromatic rings. The molecule has 30 heavy (non-hydrogen) atoms. The number of thioether (sulfide) groups is 1. The zero-order valence-corrected chi connectivity index (χ0v) is 17.9. The maximum absolute atomic E-state index is 12.9. The first kappa shape index (κ1) is 22.2. The molecule has 6 nitrogen and oxygen atoms in total. The van der Waals surface area contributed by atoms with Crippen LogP contribution in [0.5, 0.6) is 0 Å². The topological polar surface area (TPSA) is 98.0 Å². The normalized spacial score (nSPS) is 11.5. The number of benzene rings is 1. The van der Waals surface area contributed by atoms with E-state index in [0.717, 1.165) is 16.3 Å². The van der Waals surface area contributed by atoms with Crippen LogP contribution < -0.4 is 11.1 Å². The second-order valence-corrected chi connectivity index (χ2v) is 9.20. The quantitative estimate of drug-likeness (QED) is 0.498. The Labute approximate surface area is 181 Å². The number of nitrogens with two attached hydrogens (primary N) is 1. The van der Waals surface area contributed by atoms with Gasteiger partial charge in [-0.25, -0.2) is 9.97 Å². The third kappa shape index (κ3) is 5.80. The molecule has 0 aliphatic rings. The Hall–Kier alpha value is -2.44. The monoisotopic (exact) mass is 472 g/mol. The van der Waals surface area contributed by atoms with Crippen LogP contribution in [0.2, 0.25) is 0 Å². The minimum atomic E-state index is -4.43. The molecule has 0 fully saturated rings. The van der Waals surface area contributed by atoms with Crippen LogP contribution in [0.4, 0.5) is 18.3 Å². The minimum Gasteiger partial charge on any atom is -0.369 e. The third-order valence-electron chi connectivity index (χ3n) is 3.68. The average molecular weight is 473 g/mol. The van der Waals surface area contributed by atoms with E-state index in [0.29, 0.717) is 27.1 Å². The van der Waals surface area contributed by atoms with Crippen molar-refractivity contribution in [1.82, 2.24) is 9.97 Å². The summed E-state index contributed by atoms with van der Waals surface area (Å²) in [7, 11) is 0. The van der Waals surface area contributed by atoms with Crippen LogP contribution in [0, 0.1) is 6.92 Å². The molecule has 0 unspecified atom stereocenters. The number of aryl methyl sites for hydroxylation is 1. The zero-order chi connectivity index (χ0) is 21.9. The molecular formula is C18H15F3N4O2S3. The predicted molar refractivity (Wildman–Crippen MR) is 112 cm³/mol. The van der Waals surface area contributed by atoms with Gasteiger partial charge in [0.15, 0.2) is 5.13 Å². The van der Waals surface area contributed by atoms with Gasteiger partial charge < -0.3 is 11.1 Å². The fourth-order valence-corrected chi connectivity index (χ4v) is 5.09. The van der Waals surface area contributed by atoms with Gasteiger partial charge in [0.05, 0.1) is 33.3 Å². The molecule has 3 rings (SSSR count). The smallest absolute Gasteiger partial charge is 0.369 e. The lowest BCUT2D eigenvalue weighted by molar-refractivity contribution is -0.137. The molecule has 0 radical (unpaired) electrons. The number of hydrogen-bond acceptors (Lipinski definition) is 7. The number of alkyl halides is 3. The molecule has 3 N–H and O–H groups in total. The van der Waals surface area contributed by atoms with E-state index in [1.165, 1.54) is 40.5 Å². The van der Waals surface area contributed by atoms with Crippen LogP contribution in [0.15, 0.2) is 33.9 Å². The van der Waals surface area contributed by atoms with Gasteiger partial charge in [-0.3, -0.25) is 9.59 Å². The first-order chi connectivity index (χ1) is 14.1. The number of primary amides is 1. The van der Waals surface area contributed by atoms with Gasteiger partial charge in [-0.15, -0.1) is 23.1 Å². The van der Waals surface area contributed by atoms with Crippen molar-refractivity contribution in [2.75, 3.05) is 11.1 Å². The third-order valence-corrected chi connectivity index (χ3v) is 7.07. The van der Waals surface area contributed by atoms with Crippen LogP contribution in [-0.4, -0.2) is 27.5 Å². The van der Waals surface area contributed by atoms with Crippen molar-refractivity contribution in [3.63, 3.8) is 0 Å². The highest BCUT2D eigenvalue weighted by molar-refractivity contribution is 8.01. The highest BCUT2D eigenvalue weighted by atomic mass is 32.2. The Morgan fingerprint density at radius 3 is 2.73 bits per heavy atom. The highest BCUT2D eigenvalue weighted by Gasteiger charge is 2.30. The fourth-order valence-electron chi connectivity index (χ4n) is 2.38.